The molecule has 35 heavy (non-hydrogen) atoms. The second-order valence-electron chi connectivity index (χ2n) is 7.37. The second-order valence-corrected chi connectivity index (χ2v) is 7.37. The molecule has 0 heterocycles. The first kappa shape index (κ1) is 25.1. The molecule has 3 N–H and O–H groups in total. The van der Waals surface area contributed by atoms with E-state index in [1.54, 1.807) is 24.3 Å². The van der Waals surface area contributed by atoms with Crippen molar-refractivity contribution in [1.29, 1.82) is 0 Å². The first-order valence-corrected chi connectivity index (χ1v) is 10.9. The summed E-state index contributed by atoms with van der Waals surface area (Å²) in [4.78, 5) is 34.8. The number of carbonyl (C=O) groups excluding carboxylic acids is 1. The molecule has 0 spiro atoms. The molecule has 3 aromatic rings. The summed E-state index contributed by atoms with van der Waals surface area (Å²) in [5.74, 6) is -1.59. The quantitative estimate of drug-likeness (QED) is 0.309. The standard InChI is InChI=1S/C26H25NO8/c28-24(27-21-13-12-18(25(29)30)16-20(21)26(31)32)17-35-23-11-5-4-10-22(23)34-15-7-6-14-33-19-8-2-1-3-9-19/h1-5,8-13,16H,6-7,14-15,17H2,(H,27,28)(H,29,30)(H,31,32). The van der Waals surface area contributed by atoms with Gasteiger partial charge in [-0.15, -0.1) is 0 Å². The van der Waals surface area contributed by atoms with E-state index in [0.717, 1.165) is 24.7 Å². The zero-order chi connectivity index (χ0) is 25.0. The Morgan fingerprint density at radius 3 is 2.00 bits per heavy atom. The summed E-state index contributed by atoms with van der Waals surface area (Å²) >= 11 is 0. The minimum atomic E-state index is -1.36. The van der Waals surface area contributed by atoms with Crippen molar-refractivity contribution in [3.05, 3.63) is 83.9 Å². The molecule has 9 heteroatoms. The van der Waals surface area contributed by atoms with Crippen LogP contribution >= 0.6 is 0 Å². The third-order valence-electron chi connectivity index (χ3n) is 4.79. The van der Waals surface area contributed by atoms with Crippen LogP contribution in [-0.4, -0.2) is 47.9 Å². The highest BCUT2D eigenvalue weighted by atomic mass is 16.5. The molecule has 0 radical (unpaired) electrons. The van der Waals surface area contributed by atoms with Gasteiger partial charge in [0.2, 0.25) is 0 Å². The molecule has 9 nitrogen and oxygen atoms in total. The minimum absolute atomic E-state index is 0.0293. The molecule has 3 aromatic carbocycles. The van der Waals surface area contributed by atoms with Gasteiger partial charge >= 0.3 is 11.9 Å². The van der Waals surface area contributed by atoms with E-state index in [9.17, 15) is 19.5 Å². The number of carbonyl (C=O) groups is 3. The molecule has 3 rings (SSSR count). The number of anilines is 1. The number of nitrogens with one attached hydrogen (secondary N) is 1. The van der Waals surface area contributed by atoms with Gasteiger partial charge in [0.25, 0.3) is 5.91 Å². The molecule has 0 aliphatic carbocycles. The van der Waals surface area contributed by atoms with Gasteiger partial charge in [0, 0.05) is 0 Å². The van der Waals surface area contributed by atoms with E-state index in [1.807, 2.05) is 30.3 Å². The number of unbranched alkanes of at least 4 members (excludes halogenated alkanes) is 1. The number of hydrogen-bond acceptors (Lipinski definition) is 6. The molecule has 0 saturated heterocycles. The summed E-state index contributed by atoms with van der Waals surface area (Å²) in [5.41, 5.74) is -0.564. The van der Waals surface area contributed by atoms with Crippen LogP contribution in [0.25, 0.3) is 0 Å². The van der Waals surface area contributed by atoms with Crippen LogP contribution in [-0.2, 0) is 4.79 Å². The Morgan fingerprint density at radius 1 is 0.714 bits per heavy atom. The molecule has 0 aromatic heterocycles. The Hall–Kier alpha value is -4.53. The molecule has 1 amide bonds. The van der Waals surface area contributed by atoms with Crippen LogP contribution in [0.15, 0.2) is 72.8 Å². The molecule has 0 aliphatic rings. The first-order chi connectivity index (χ1) is 16.9. The zero-order valence-corrected chi connectivity index (χ0v) is 18.8. The lowest BCUT2D eigenvalue weighted by atomic mass is 10.1. The fraction of sp³-hybridized carbons (Fsp3) is 0.192. The highest BCUT2D eigenvalue weighted by Crippen LogP contribution is 2.27. The van der Waals surface area contributed by atoms with Crippen molar-refractivity contribution in [3.63, 3.8) is 0 Å². The highest BCUT2D eigenvalue weighted by molar-refractivity contribution is 6.03. The Kier molecular flexibility index (Phi) is 9.07. The van der Waals surface area contributed by atoms with Crippen molar-refractivity contribution in [2.75, 3.05) is 25.1 Å². The Bertz CT molecular complexity index is 1160. The maximum Gasteiger partial charge on any atom is 0.337 e. The van der Waals surface area contributed by atoms with Crippen LogP contribution < -0.4 is 19.5 Å². The highest BCUT2D eigenvalue weighted by Gasteiger charge is 2.16. The van der Waals surface area contributed by atoms with Gasteiger partial charge < -0.3 is 29.7 Å². The van der Waals surface area contributed by atoms with E-state index in [1.165, 1.54) is 12.1 Å². The van der Waals surface area contributed by atoms with Gasteiger partial charge in [-0.3, -0.25) is 4.79 Å². The monoisotopic (exact) mass is 479 g/mol. The van der Waals surface area contributed by atoms with Gasteiger partial charge in [-0.2, -0.15) is 0 Å². The number of rotatable bonds is 13. The number of carboxylic acid groups (broad SMARTS) is 2. The summed E-state index contributed by atoms with van der Waals surface area (Å²) in [6, 6.07) is 19.9. The normalized spacial score (nSPS) is 10.3. The van der Waals surface area contributed by atoms with Crippen molar-refractivity contribution < 1.29 is 38.8 Å². The lowest BCUT2D eigenvalue weighted by molar-refractivity contribution is -0.118. The van der Waals surface area contributed by atoms with Crippen LogP contribution in [0.4, 0.5) is 5.69 Å². The number of benzene rings is 3. The summed E-state index contributed by atoms with van der Waals surface area (Å²) in [6.45, 7) is 0.602. The Morgan fingerprint density at radius 2 is 1.34 bits per heavy atom. The number of hydrogen-bond donors (Lipinski definition) is 3. The smallest absolute Gasteiger partial charge is 0.337 e. The van der Waals surface area contributed by atoms with Crippen LogP contribution in [0.1, 0.15) is 33.6 Å². The van der Waals surface area contributed by atoms with Crippen molar-refractivity contribution >= 4 is 23.5 Å². The number of ether oxygens (including phenoxy) is 3. The Labute approximate surface area is 201 Å². The molecule has 0 bridgehead atoms. The molecular formula is C26H25NO8. The van der Waals surface area contributed by atoms with Crippen molar-refractivity contribution in [1.82, 2.24) is 0 Å². The third kappa shape index (κ3) is 7.78. The predicted molar refractivity (Wildman–Crippen MR) is 128 cm³/mol. The van der Waals surface area contributed by atoms with Crippen molar-refractivity contribution in [2.45, 2.75) is 12.8 Å². The molecule has 0 aliphatic heterocycles. The van der Waals surface area contributed by atoms with Gasteiger partial charge in [-0.1, -0.05) is 30.3 Å². The van der Waals surface area contributed by atoms with Gasteiger partial charge in [-0.25, -0.2) is 9.59 Å². The molecule has 0 atom stereocenters. The number of para-hydroxylation sites is 3. The fourth-order valence-electron chi connectivity index (χ4n) is 3.07. The average Bonchev–Trinajstić information content (AvgIpc) is 2.86. The van der Waals surface area contributed by atoms with Crippen LogP contribution in [0.3, 0.4) is 0 Å². The lowest BCUT2D eigenvalue weighted by Gasteiger charge is -2.13. The van der Waals surface area contributed by atoms with E-state index >= 15 is 0 Å². The maximum absolute atomic E-state index is 12.3. The van der Waals surface area contributed by atoms with Crippen LogP contribution in [0.5, 0.6) is 17.2 Å². The van der Waals surface area contributed by atoms with E-state index in [4.69, 9.17) is 19.3 Å². The largest absolute Gasteiger partial charge is 0.494 e. The van der Waals surface area contributed by atoms with Crippen LogP contribution in [0, 0.1) is 0 Å². The molecule has 0 unspecified atom stereocenters. The lowest BCUT2D eigenvalue weighted by Crippen LogP contribution is -2.22. The fourth-order valence-corrected chi connectivity index (χ4v) is 3.07. The topological polar surface area (TPSA) is 131 Å². The van der Waals surface area contributed by atoms with Gasteiger partial charge in [-0.05, 0) is 55.3 Å². The van der Waals surface area contributed by atoms with Gasteiger partial charge in [0.15, 0.2) is 18.1 Å². The van der Waals surface area contributed by atoms with E-state index in [2.05, 4.69) is 5.32 Å². The molecular weight excluding hydrogens is 454 g/mol. The SMILES string of the molecule is O=C(COc1ccccc1OCCCCOc1ccccc1)Nc1ccc(C(=O)O)cc1C(=O)O. The minimum Gasteiger partial charge on any atom is -0.494 e. The average molecular weight is 479 g/mol. The molecule has 0 saturated carbocycles. The summed E-state index contributed by atoms with van der Waals surface area (Å²) in [6.07, 6.45) is 1.55. The van der Waals surface area contributed by atoms with E-state index < -0.39 is 24.5 Å². The van der Waals surface area contributed by atoms with E-state index in [0.29, 0.717) is 24.7 Å². The molecule has 0 fully saturated rings. The number of carboxylic acids is 2. The maximum atomic E-state index is 12.3. The number of amides is 1. The second kappa shape index (κ2) is 12.6. The number of aromatic carboxylic acids is 2. The van der Waals surface area contributed by atoms with Crippen molar-refractivity contribution in [2.24, 2.45) is 0 Å². The summed E-state index contributed by atoms with van der Waals surface area (Å²) < 4.78 is 17.0. The van der Waals surface area contributed by atoms with Crippen molar-refractivity contribution in [3.8, 4) is 17.2 Å². The first-order valence-electron chi connectivity index (χ1n) is 10.9. The molecule has 182 valence electrons. The van der Waals surface area contributed by atoms with Gasteiger partial charge in [0.1, 0.15) is 5.75 Å². The summed E-state index contributed by atoms with van der Waals surface area (Å²) in [5, 5.41) is 20.8. The van der Waals surface area contributed by atoms with Gasteiger partial charge in [0.05, 0.1) is 30.0 Å². The van der Waals surface area contributed by atoms with E-state index in [-0.39, 0.29) is 16.8 Å². The third-order valence-corrected chi connectivity index (χ3v) is 4.79. The Balaban J connectivity index is 1.47. The zero-order valence-electron chi connectivity index (χ0n) is 18.8. The summed E-state index contributed by atoms with van der Waals surface area (Å²) in [7, 11) is 0. The predicted octanol–water partition coefficient (Wildman–Crippen LogP) is 4.34. The van der Waals surface area contributed by atoms with Crippen LogP contribution in [0.2, 0.25) is 0 Å².